The van der Waals surface area contributed by atoms with Crippen LogP contribution in [0.3, 0.4) is 0 Å². The van der Waals surface area contributed by atoms with Gasteiger partial charge in [0.2, 0.25) is 0 Å². The van der Waals surface area contributed by atoms with Crippen molar-refractivity contribution in [2.75, 3.05) is 26.4 Å². The fourth-order valence-electron chi connectivity index (χ4n) is 4.33. The van der Waals surface area contributed by atoms with E-state index in [0.29, 0.717) is 35.9 Å². The molecule has 174 valence electrons. The highest BCUT2D eigenvalue weighted by Gasteiger charge is 2.27. The van der Waals surface area contributed by atoms with Crippen LogP contribution in [0.4, 0.5) is 0 Å². The molecule has 0 saturated carbocycles. The van der Waals surface area contributed by atoms with Gasteiger partial charge in [-0.15, -0.1) is 0 Å². The van der Waals surface area contributed by atoms with Gasteiger partial charge in [-0.1, -0.05) is 12.1 Å². The number of carbonyl (C=O) groups excluding carboxylic acids is 1. The summed E-state index contributed by atoms with van der Waals surface area (Å²) in [5.41, 5.74) is 5.10. The molecule has 1 aromatic heterocycles. The van der Waals surface area contributed by atoms with Gasteiger partial charge in [-0.3, -0.25) is 14.2 Å². The molecule has 0 spiro atoms. The predicted molar refractivity (Wildman–Crippen MR) is 125 cm³/mol. The lowest BCUT2D eigenvalue weighted by molar-refractivity contribution is -0.0395. The first-order chi connectivity index (χ1) is 15.9. The Bertz CT molecular complexity index is 1220. The largest absolute Gasteiger partial charge is 0.395 e. The maximum atomic E-state index is 13.4. The molecule has 0 bridgehead atoms. The smallest absolute Gasteiger partial charge is 0.261 e. The van der Waals surface area contributed by atoms with Crippen LogP contribution in [0, 0.1) is 13.8 Å². The second-order valence-electron chi connectivity index (χ2n) is 8.49. The zero-order valence-corrected chi connectivity index (χ0v) is 18.9. The van der Waals surface area contributed by atoms with E-state index in [1.54, 1.807) is 12.1 Å². The third-order valence-electron chi connectivity index (χ3n) is 6.41. The zero-order valence-electron chi connectivity index (χ0n) is 18.9. The van der Waals surface area contributed by atoms with E-state index in [2.05, 4.69) is 10.3 Å². The topological polar surface area (TPSA) is 114 Å². The summed E-state index contributed by atoms with van der Waals surface area (Å²) in [4.78, 5) is 30.0. The average Bonchev–Trinajstić information content (AvgIpc) is 2.82. The van der Waals surface area contributed by atoms with Crippen LogP contribution in [0.15, 0.2) is 41.5 Å². The minimum atomic E-state index is -0.741. The molecule has 3 aromatic rings. The van der Waals surface area contributed by atoms with Gasteiger partial charge in [-0.05, 0) is 67.1 Å². The molecule has 1 aliphatic rings. The van der Waals surface area contributed by atoms with Crippen LogP contribution >= 0.6 is 0 Å². The number of benzene rings is 2. The number of carbonyl (C=O) groups is 1. The maximum Gasteiger partial charge on any atom is 0.261 e. The van der Waals surface area contributed by atoms with Crippen LogP contribution in [-0.4, -0.2) is 58.1 Å². The number of fused-ring (bicyclic) bond motifs is 1. The molecule has 8 heteroatoms. The molecule has 1 saturated heterocycles. The highest BCUT2D eigenvalue weighted by molar-refractivity contribution is 5.94. The van der Waals surface area contributed by atoms with Crippen molar-refractivity contribution in [2.45, 2.75) is 38.8 Å². The third-order valence-corrected chi connectivity index (χ3v) is 6.41. The van der Waals surface area contributed by atoms with Crippen LogP contribution in [-0.2, 0) is 11.2 Å². The second-order valence-corrected chi connectivity index (χ2v) is 8.49. The van der Waals surface area contributed by atoms with Crippen molar-refractivity contribution < 1.29 is 19.7 Å². The first-order valence-electron chi connectivity index (χ1n) is 11.1. The number of hydrogen-bond donors (Lipinski definition) is 3. The van der Waals surface area contributed by atoms with Gasteiger partial charge in [0.1, 0.15) is 0 Å². The van der Waals surface area contributed by atoms with E-state index in [0.717, 1.165) is 22.3 Å². The van der Waals surface area contributed by atoms with Crippen molar-refractivity contribution >= 4 is 16.8 Å². The number of hydrogen-bond acceptors (Lipinski definition) is 6. The van der Waals surface area contributed by atoms with Crippen molar-refractivity contribution in [1.29, 1.82) is 0 Å². The van der Waals surface area contributed by atoms with Crippen molar-refractivity contribution in [3.63, 3.8) is 0 Å². The number of rotatable bonds is 6. The number of aryl methyl sites for hydroxylation is 1. The first kappa shape index (κ1) is 23.1. The number of aromatic nitrogens is 2. The van der Waals surface area contributed by atoms with Crippen LogP contribution in [0.1, 0.15) is 45.1 Å². The van der Waals surface area contributed by atoms with Crippen LogP contribution in [0.5, 0.6) is 0 Å². The summed E-state index contributed by atoms with van der Waals surface area (Å²) >= 11 is 0. The fourth-order valence-corrected chi connectivity index (χ4v) is 4.33. The van der Waals surface area contributed by atoms with E-state index in [9.17, 15) is 14.7 Å². The van der Waals surface area contributed by atoms with Gasteiger partial charge in [-0.25, -0.2) is 4.98 Å². The SMILES string of the molecule is Cc1c(Cc2ccc(C(=O)NCCO)cc2)cc2c(=O)n([C@H]3CCOC[C@@H]3O)cnc2c1C. The van der Waals surface area contributed by atoms with Crippen LogP contribution < -0.4 is 10.9 Å². The van der Waals surface area contributed by atoms with Crippen LogP contribution in [0.2, 0.25) is 0 Å². The summed E-state index contributed by atoms with van der Waals surface area (Å²) in [7, 11) is 0. The van der Waals surface area contributed by atoms with E-state index < -0.39 is 6.10 Å². The van der Waals surface area contributed by atoms with E-state index in [-0.39, 0.29) is 37.3 Å². The predicted octanol–water partition coefficient (Wildman–Crippen LogP) is 1.65. The normalized spacial score (nSPS) is 18.4. The molecule has 2 aromatic carbocycles. The Hall–Kier alpha value is -3.07. The van der Waals surface area contributed by atoms with E-state index in [4.69, 9.17) is 9.84 Å². The van der Waals surface area contributed by atoms with Gasteiger partial charge >= 0.3 is 0 Å². The van der Waals surface area contributed by atoms with Crippen molar-refractivity contribution in [3.8, 4) is 0 Å². The number of nitrogens with one attached hydrogen (secondary N) is 1. The molecule has 4 rings (SSSR count). The standard InChI is InChI=1S/C25H29N3O5/c1-15-16(2)23-20(25(32)28(14-27-23)21-7-10-33-13-22(21)30)12-19(15)11-17-3-5-18(6-4-17)24(31)26-8-9-29/h3-6,12,14,21-22,29-30H,7-11,13H2,1-2H3,(H,26,31)/t21-,22-/m0/s1. The Balaban J connectivity index is 1.66. The molecule has 0 aliphatic carbocycles. The number of nitrogens with zero attached hydrogens (tertiary/aromatic N) is 2. The Morgan fingerprint density at radius 3 is 2.70 bits per heavy atom. The lowest BCUT2D eigenvalue weighted by Gasteiger charge is -2.29. The molecule has 0 radical (unpaired) electrons. The molecule has 0 unspecified atom stereocenters. The Morgan fingerprint density at radius 1 is 1.24 bits per heavy atom. The molecule has 8 nitrogen and oxygen atoms in total. The molecule has 2 atom stereocenters. The van der Waals surface area contributed by atoms with Crippen molar-refractivity contribution in [2.24, 2.45) is 0 Å². The van der Waals surface area contributed by atoms with Crippen molar-refractivity contribution in [1.82, 2.24) is 14.9 Å². The summed E-state index contributed by atoms with van der Waals surface area (Å²) < 4.78 is 6.84. The van der Waals surface area contributed by atoms with Gasteiger partial charge in [0.25, 0.3) is 11.5 Å². The summed E-state index contributed by atoms with van der Waals surface area (Å²) in [6, 6.07) is 8.85. The number of aliphatic hydroxyl groups is 2. The molecule has 33 heavy (non-hydrogen) atoms. The van der Waals surface area contributed by atoms with Crippen LogP contribution in [0.25, 0.3) is 10.9 Å². The van der Waals surface area contributed by atoms with E-state index >= 15 is 0 Å². The summed E-state index contributed by atoms with van der Waals surface area (Å²) in [5, 5.41) is 22.4. The lowest BCUT2D eigenvalue weighted by Crippen LogP contribution is -2.39. The molecule has 2 heterocycles. The van der Waals surface area contributed by atoms with E-state index in [1.807, 2.05) is 32.0 Å². The number of amides is 1. The second kappa shape index (κ2) is 9.82. The Morgan fingerprint density at radius 2 is 2.00 bits per heavy atom. The Kier molecular flexibility index (Phi) is 6.88. The first-order valence-corrected chi connectivity index (χ1v) is 11.1. The van der Waals surface area contributed by atoms with E-state index in [1.165, 1.54) is 10.9 Å². The summed E-state index contributed by atoms with van der Waals surface area (Å²) in [6.07, 6.45) is 1.96. The van der Waals surface area contributed by atoms with Gasteiger partial charge in [0.15, 0.2) is 0 Å². The number of aliphatic hydroxyl groups excluding tert-OH is 2. The van der Waals surface area contributed by atoms with Gasteiger partial charge in [-0.2, -0.15) is 0 Å². The molecular formula is C25H29N3O5. The highest BCUT2D eigenvalue weighted by atomic mass is 16.5. The summed E-state index contributed by atoms with van der Waals surface area (Å²) in [5.74, 6) is -0.227. The fraction of sp³-hybridized carbons (Fsp3) is 0.400. The molecule has 1 amide bonds. The number of ether oxygens (including phenoxy) is 1. The third kappa shape index (κ3) is 4.68. The molecule has 1 aliphatic heterocycles. The minimum Gasteiger partial charge on any atom is -0.395 e. The van der Waals surface area contributed by atoms with Gasteiger partial charge in [0.05, 0.1) is 42.6 Å². The monoisotopic (exact) mass is 451 g/mol. The van der Waals surface area contributed by atoms with Gasteiger partial charge in [0, 0.05) is 18.7 Å². The Labute approximate surface area is 191 Å². The minimum absolute atomic E-state index is 0.103. The van der Waals surface area contributed by atoms with Gasteiger partial charge < -0.3 is 20.3 Å². The average molecular weight is 452 g/mol. The molecule has 1 fully saturated rings. The maximum absolute atomic E-state index is 13.4. The van der Waals surface area contributed by atoms with Crippen molar-refractivity contribution in [3.05, 3.63) is 74.8 Å². The quantitative estimate of drug-likeness (QED) is 0.525. The summed E-state index contributed by atoms with van der Waals surface area (Å²) in [6.45, 7) is 4.81. The molecule has 3 N–H and O–H groups in total. The lowest BCUT2D eigenvalue weighted by atomic mass is 9.94. The molecular weight excluding hydrogens is 422 g/mol. The zero-order chi connectivity index (χ0) is 23.5. The highest BCUT2D eigenvalue weighted by Crippen LogP contribution is 2.26.